The first-order chi connectivity index (χ1) is 21.9. The van der Waals surface area contributed by atoms with Crippen LogP contribution in [0.15, 0.2) is 0 Å². The van der Waals surface area contributed by atoms with Crippen molar-refractivity contribution in [1.29, 1.82) is 0 Å². The van der Waals surface area contributed by atoms with Gasteiger partial charge >= 0.3 is 47.8 Å². The standard InChI is InChI=1S/C28H38O19/c1-11(29)37-9-19-21(39-13(3)31)23(40-14(4)32)26(43-17(7)35)28(46-19)47-22-20(10-38-12(2)30)45-27(44-18(8)36)25(42-16(6)34)24(22)41-15(5)33/h19-28H,9-10H2,1-8H3/t19-,20-,21+,22+,23+,24+,25-,26-,27+,28-/m1/s1. The smallest absolute Gasteiger partial charge is 0.305 e. The van der Waals surface area contributed by atoms with Crippen LogP contribution in [-0.2, 0) is 90.5 Å². The quantitative estimate of drug-likeness (QED) is 0.181. The minimum Gasteiger partial charge on any atom is -0.463 e. The Labute approximate surface area is 268 Å². The molecule has 19 heteroatoms. The second kappa shape index (κ2) is 17.5. The predicted molar refractivity (Wildman–Crippen MR) is 145 cm³/mol. The van der Waals surface area contributed by atoms with Gasteiger partial charge in [-0.15, -0.1) is 0 Å². The summed E-state index contributed by atoms with van der Waals surface area (Å²) in [5.74, 6) is -7.02. The molecule has 2 rings (SSSR count). The van der Waals surface area contributed by atoms with Crippen molar-refractivity contribution < 1.29 is 90.5 Å². The average molecular weight is 679 g/mol. The molecule has 10 atom stereocenters. The van der Waals surface area contributed by atoms with Gasteiger partial charge in [-0.25, -0.2) is 0 Å². The fraction of sp³-hybridized carbons (Fsp3) is 0.714. The Balaban J connectivity index is 2.73. The molecule has 0 radical (unpaired) electrons. The molecule has 0 N–H and O–H groups in total. The number of hydrogen-bond acceptors (Lipinski definition) is 19. The van der Waals surface area contributed by atoms with Gasteiger partial charge in [0.2, 0.25) is 12.4 Å². The molecule has 19 nitrogen and oxygen atoms in total. The Morgan fingerprint density at radius 1 is 0.383 bits per heavy atom. The van der Waals surface area contributed by atoms with Crippen LogP contribution in [0.25, 0.3) is 0 Å². The predicted octanol–water partition coefficient (Wildman–Crippen LogP) is -0.831. The van der Waals surface area contributed by atoms with E-state index in [1.54, 1.807) is 0 Å². The third kappa shape index (κ3) is 12.1. The van der Waals surface area contributed by atoms with Crippen LogP contribution in [0.3, 0.4) is 0 Å². The van der Waals surface area contributed by atoms with Crippen LogP contribution in [0.4, 0.5) is 0 Å². The molecule has 0 amide bonds. The molecule has 0 aromatic heterocycles. The lowest BCUT2D eigenvalue weighted by Gasteiger charge is -2.48. The van der Waals surface area contributed by atoms with Gasteiger partial charge in [-0.05, 0) is 0 Å². The summed E-state index contributed by atoms with van der Waals surface area (Å²) in [6.07, 6.45) is -16.3. The summed E-state index contributed by atoms with van der Waals surface area (Å²) in [5.41, 5.74) is 0. The second-order valence-corrected chi connectivity index (χ2v) is 10.3. The fourth-order valence-corrected chi connectivity index (χ4v) is 4.73. The topological polar surface area (TPSA) is 238 Å². The minimum absolute atomic E-state index is 0.590. The zero-order chi connectivity index (χ0) is 35.6. The first-order valence-corrected chi connectivity index (χ1v) is 14.2. The first-order valence-electron chi connectivity index (χ1n) is 14.2. The third-order valence-corrected chi connectivity index (χ3v) is 6.17. The van der Waals surface area contributed by atoms with Crippen LogP contribution < -0.4 is 0 Å². The van der Waals surface area contributed by atoms with E-state index in [4.69, 9.17) is 52.1 Å². The molecule has 0 unspecified atom stereocenters. The highest BCUT2D eigenvalue weighted by Gasteiger charge is 2.58. The SMILES string of the molecule is CC(=O)OC[C@H]1O[C@H](O[C@@H]2[C@H](OC(C)=O)[C@@H](OC(C)=O)[C@@H](OC(C)=O)O[C@@H]2COC(C)=O)[C@H](OC(C)=O)[C@@H](OC(C)=O)[C@H]1OC(C)=O. The number of ether oxygens (including phenoxy) is 11. The van der Waals surface area contributed by atoms with E-state index >= 15 is 0 Å². The molecule has 2 fully saturated rings. The number of hydrogen-bond donors (Lipinski definition) is 0. The van der Waals surface area contributed by atoms with Crippen molar-refractivity contribution in [2.24, 2.45) is 0 Å². The van der Waals surface area contributed by atoms with Gasteiger partial charge in [-0.3, -0.25) is 38.4 Å². The highest BCUT2D eigenvalue weighted by atomic mass is 16.8. The van der Waals surface area contributed by atoms with Gasteiger partial charge < -0.3 is 52.1 Å². The first kappa shape index (κ1) is 38.8. The molecule has 264 valence electrons. The van der Waals surface area contributed by atoms with Gasteiger partial charge in [-0.2, -0.15) is 0 Å². The molecule has 2 heterocycles. The molecule has 0 spiro atoms. The zero-order valence-corrected chi connectivity index (χ0v) is 26.9. The van der Waals surface area contributed by atoms with E-state index in [-0.39, 0.29) is 0 Å². The van der Waals surface area contributed by atoms with Crippen molar-refractivity contribution in [3.05, 3.63) is 0 Å². The lowest BCUT2D eigenvalue weighted by atomic mass is 9.96. The van der Waals surface area contributed by atoms with Gasteiger partial charge in [0.05, 0.1) is 0 Å². The van der Waals surface area contributed by atoms with E-state index < -0.39 is 122 Å². The Morgan fingerprint density at radius 2 is 0.702 bits per heavy atom. The van der Waals surface area contributed by atoms with Crippen molar-refractivity contribution in [2.45, 2.75) is 117 Å². The highest BCUT2D eigenvalue weighted by Crippen LogP contribution is 2.35. The normalized spacial score (nSPS) is 30.0. The summed E-state index contributed by atoms with van der Waals surface area (Å²) in [5, 5.41) is 0. The molecule has 47 heavy (non-hydrogen) atoms. The Hall–Kier alpha value is -4.36. The van der Waals surface area contributed by atoms with E-state index in [1.807, 2.05) is 0 Å². The van der Waals surface area contributed by atoms with E-state index in [9.17, 15) is 38.4 Å². The van der Waals surface area contributed by atoms with Gasteiger partial charge in [-0.1, -0.05) is 0 Å². The van der Waals surface area contributed by atoms with Crippen LogP contribution >= 0.6 is 0 Å². The molecule has 2 aliphatic rings. The van der Waals surface area contributed by atoms with Crippen molar-refractivity contribution in [1.82, 2.24) is 0 Å². The summed E-state index contributed by atoms with van der Waals surface area (Å²) in [6.45, 7) is 7.05. The number of esters is 8. The van der Waals surface area contributed by atoms with E-state index in [1.165, 1.54) is 0 Å². The molecule has 2 aliphatic heterocycles. The maximum atomic E-state index is 12.3. The van der Waals surface area contributed by atoms with E-state index in [0.29, 0.717) is 0 Å². The maximum absolute atomic E-state index is 12.3. The molecule has 2 saturated heterocycles. The van der Waals surface area contributed by atoms with Gasteiger partial charge in [0.1, 0.15) is 31.5 Å². The van der Waals surface area contributed by atoms with Crippen LogP contribution in [0.1, 0.15) is 55.4 Å². The van der Waals surface area contributed by atoms with Gasteiger partial charge in [0.15, 0.2) is 30.7 Å². The van der Waals surface area contributed by atoms with Crippen molar-refractivity contribution in [3.63, 3.8) is 0 Å². The Kier molecular flexibility index (Phi) is 14.5. The molecule has 0 aliphatic carbocycles. The molecule has 0 aromatic carbocycles. The zero-order valence-electron chi connectivity index (χ0n) is 26.9. The largest absolute Gasteiger partial charge is 0.463 e. The highest BCUT2D eigenvalue weighted by molar-refractivity contribution is 5.70. The summed E-state index contributed by atoms with van der Waals surface area (Å²) in [7, 11) is 0. The number of carbonyl (C=O) groups excluding carboxylic acids is 8. The minimum atomic E-state index is -1.83. The summed E-state index contributed by atoms with van der Waals surface area (Å²) in [4.78, 5) is 96.3. The van der Waals surface area contributed by atoms with Crippen molar-refractivity contribution in [2.75, 3.05) is 13.2 Å². The average Bonchev–Trinajstić information content (AvgIpc) is 2.91. The molecule has 0 saturated carbocycles. The number of rotatable bonds is 12. The van der Waals surface area contributed by atoms with E-state index in [0.717, 1.165) is 55.4 Å². The van der Waals surface area contributed by atoms with Gasteiger partial charge in [0, 0.05) is 55.4 Å². The molecule has 0 bridgehead atoms. The maximum Gasteiger partial charge on any atom is 0.305 e. The van der Waals surface area contributed by atoms with Crippen LogP contribution in [0.5, 0.6) is 0 Å². The monoisotopic (exact) mass is 678 g/mol. The lowest BCUT2D eigenvalue weighted by molar-refractivity contribution is -0.357. The Morgan fingerprint density at radius 3 is 1.11 bits per heavy atom. The lowest BCUT2D eigenvalue weighted by Crippen LogP contribution is -2.67. The van der Waals surface area contributed by atoms with Crippen molar-refractivity contribution >= 4 is 47.8 Å². The van der Waals surface area contributed by atoms with E-state index in [2.05, 4.69) is 0 Å². The molecule has 0 aromatic rings. The van der Waals surface area contributed by atoms with Crippen LogP contribution in [-0.4, -0.2) is 122 Å². The summed E-state index contributed by atoms with van der Waals surface area (Å²) < 4.78 is 60.2. The molecular formula is C28H38O19. The summed E-state index contributed by atoms with van der Waals surface area (Å²) in [6, 6.07) is 0. The van der Waals surface area contributed by atoms with Crippen molar-refractivity contribution in [3.8, 4) is 0 Å². The van der Waals surface area contributed by atoms with Gasteiger partial charge in [0.25, 0.3) is 0 Å². The molecular weight excluding hydrogens is 640 g/mol. The fourth-order valence-electron chi connectivity index (χ4n) is 4.73. The van der Waals surface area contributed by atoms with Crippen LogP contribution in [0.2, 0.25) is 0 Å². The summed E-state index contributed by atoms with van der Waals surface area (Å²) >= 11 is 0. The third-order valence-electron chi connectivity index (χ3n) is 6.17. The number of carbonyl (C=O) groups is 8. The van der Waals surface area contributed by atoms with Crippen LogP contribution in [0, 0.1) is 0 Å². The Bertz CT molecular complexity index is 1200. The second-order valence-electron chi connectivity index (χ2n) is 10.3.